The second-order valence-electron chi connectivity index (χ2n) is 1.99. The number of hydrogen-bond donors (Lipinski definition) is 2. The van der Waals surface area contributed by atoms with Gasteiger partial charge in [0.25, 0.3) is 0 Å². The average Bonchev–Trinajstić information content (AvgIpc) is 1.93. The molecule has 0 fully saturated rings. The fourth-order valence-corrected chi connectivity index (χ4v) is 0.647. The van der Waals surface area contributed by atoms with E-state index < -0.39 is 11.8 Å². The van der Waals surface area contributed by atoms with E-state index in [4.69, 9.17) is 11.1 Å². The van der Waals surface area contributed by atoms with E-state index in [9.17, 15) is 9.59 Å². The molecule has 0 amide bonds. The molecule has 0 aromatic rings. The van der Waals surface area contributed by atoms with Gasteiger partial charge in [0.2, 0.25) is 5.78 Å². The van der Waals surface area contributed by atoms with Crippen molar-refractivity contribution in [3.05, 3.63) is 12.2 Å². The molecule has 1 aliphatic rings. The fourth-order valence-electron chi connectivity index (χ4n) is 0.647. The first-order chi connectivity index (χ1) is 4.63. The van der Waals surface area contributed by atoms with Gasteiger partial charge in [-0.15, -0.1) is 0 Å². The minimum Gasteiger partial charge on any atom is -0.316 e. The van der Waals surface area contributed by atoms with E-state index in [1.54, 1.807) is 0 Å². The van der Waals surface area contributed by atoms with Crippen molar-refractivity contribution in [1.29, 1.82) is 5.41 Å². The summed E-state index contributed by atoms with van der Waals surface area (Å²) in [6, 6.07) is -1.04. The number of rotatable bonds is 0. The molecule has 0 radical (unpaired) electrons. The molecule has 0 saturated heterocycles. The van der Waals surface area contributed by atoms with Crippen LogP contribution in [0.4, 0.5) is 0 Å². The molecule has 1 unspecified atom stereocenters. The predicted molar refractivity (Wildman–Crippen MR) is 34.9 cm³/mol. The molecule has 4 heteroatoms. The highest BCUT2D eigenvalue weighted by Crippen LogP contribution is 1.97. The third-order valence-electron chi connectivity index (χ3n) is 1.28. The van der Waals surface area contributed by atoms with Crippen molar-refractivity contribution in [2.45, 2.75) is 6.04 Å². The molecule has 3 N–H and O–H groups in total. The van der Waals surface area contributed by atoms with Gasteiger partial charge >= 0.3 is 0 Å². The molecule has 0 aliphatic heterocycles. The lowest BCUT2D eigenvalue weighted by atomic mass is 9.98. The Labute approximate surface area is 57.2 Å². The highest BCUT2D eigenvalue weighted by Gasteiger charge is 2.24. The van der Waals surface area contributed by atoms with Gasteiger partial charge in [0.15, 0.2) is 5.78 Å². The Morgan fingerprint density at radius 3 is 2.50 bits per heavy atom. The van der Waals surface area contributed by atoms with Crippen LogP contribution in [0.2, 0.25) is 0 Å². The molecular formula is C6H6N2O2. The third-order valence-corrected chi connectivity index (χ3v) is 1.28. The molecule has 0 heterocycles. The Kier molecular flexibility index (Phi) is 1.47. The molecular weight excluding hydrogens is 132 g/mol. The maximum Gasteiger partial charge on any atom is 0.201 e. The van der Waals surface area contributed by atoms with Crippen molar-refractivity contribution < 1.29 is 9.59 Å². The van der Waals surface area contributed by atoms with Gasteiger partial charge in [-0.25, -0.2) is 0 Å². The first kappa shape index (κ1) is 6.82. The van der Waals surface area contributed by atoms with E-state index >= 15 is 0 Å². The van der Waals surface area contributed by atoms with Crippen molar-refractivity contribution in [3.8, 4) is 0 Å². The number of allylic oxidation sites excluding steroid dienone is 1. The van der Waals surface area contributed by atoms with Gasteiger partial charge in [-0.3, -0.25) is 15.0 Å². The van der Waals surface area contributed by atoms with Crippen molar-refractivity contribution in [3.63, 3.8) is 0 Å². The van der Waals surface area contributed by atoms with Crippen LogP contribution >= 0.6 is 0 Å². The van der Waals surface area contributed by atoms with Crippen LogP contribution < -0.4 is 5.73 Å². The first-order valence-corrected chi connectivity index (χ1v) is 2.73. The Morgan fingerprint density at radius 2 is 2.00 bits per heavy atom. The summed E-state index contributed by atoms with van der Waals surface area (Å²) in [5.74, 6) is -0.864. The lowest BCUT2D eigenvalue weighted by Gasteiger charge is -2.10. The molecule has 1 rings (SSSR count). The number of carbonyl (C=O) groups excluding carboxylic acids is 2. The highest BCUT2D eigenvalue weighted by molar-refractivity contribution is 6.51. The van der Waals surface area contributed by atoms with E-state index in [1.807, 2.05) is 0 Å². The van der Waals surface area contributed by atoms with E-state index in [-0.39, 0.29) is 11.5 Å². The summed E-state index contributed by atoms with van der Waals surface area (Å²) in [5, 5.41) is 6.98. The van der Waals surface area contributed by atoms with Gasteiger partial charge in [-0.2, -0.15) is 0 Å². The summed E-state index contributed by atoms with van der Waals surface area (Å²) in [6.07, 6.45) is 2.17. The Bertz CT molecular complexity index is 242. The van der Waals surface area contributed by atoms with Crippen LogP contribution in [0.1, 0.15) is 0 Å². The summed E-state index contributed by atoms with van der Waals surface area (Å²) >= 11 is 0. The van der Waals surface area contributed by atoms with Gasteiger partial charge in [0.05, 0.1) is 0 Å². The normalized spacial score (nSPS) is 25.7. The third kappa shape index (κ3) is 0.886. The monoisotopic (exact) mass is 138 g/mol. The van der Waals surface area contributed by atoms with Crippen LogP contribution in [0, 0.1) is 5.41 Å². The quantitative estimate of drug-likeness (QED) is 0.452. The summed E-state index contributed by atoms with van der Waals surface area (Å²) in [6.45, 7) is 0. The van der Waals surface area contributed by atoms with Crippen LogP contribution in [0.25, 0.3) is 0 Å². The standard InChI is InChI=1S/C6H6N2O2/c7-5-3(9)1-2-4(10)6(5)8/h1-2,5,8H,7H2. The zero-order valence-electron chi connectivity index (χ0n) is 5.13. The maximum atomic E-state index is 10.6. The number of ketones is 2. The summed E-state index contributed by atoms with van der Waals surface area (Å²) < 4.78 is 0. The number of carbonyl (C=O) groups is 2. The van der Waals surface area contributed by atoms with Crippen molar-refractivity contribution in [2.24, 2.45) is 5.73 Å². The fraction of sp³-hybridized carbons (Fsp3) is 0.167. The zero-order valence-corrected chi connectivity index (χ0v) is 5.13. The minimum absolute atomic E-state index is 0.326. The second kappa shape index (κ2) is 2.15. The number of hydrogen-bond acceptors (Lipinski definition) is 4. The maximum absolute atomic E-state index is 10.6. The van der Waals surface area contributed by atoms with E-state index in [0.717, 1.165) is 12.2 Å². The zero-order chi connectivity index (χ0) is 7.72. The lowest BCUT2D eigenvalue weighted by molar-refractivity contribution is -0.116. The second-order valence-corrected chi connectivity index (χ2v) is 1.99. The smallest absolute Gasteiger partial charge is 0.201 e. The molecule has 0 aromatic heterocycles. The van der Waals surface area contributed by atoms with Crippen molar-refractivity contribution in [2.75, 3.05) is 0 Å². The predicted octanol–water partition coefficient (Wildman–Crippen LogP) is -0.959. The Balaban J connectivity index is 3.00. The molecule has 52 valence electrons. The van der Waals surface area contributed by atoms with Crippen LogP contribution in [-0.2, 0) is 9.59 Å². The molecule has 1 aliphatic carbocycles. The molecule has 4 nitrogen and oxygen atoms in total. The van der Waals surface area contributed by atoms with Crippen LogP contribution in [0.3, 0.4) is 0 Å². The van der Waals surface area contributed by atoms with E-state index in [1.165, 1.54) is 0 Å². The molecule has 0 spiro atoms. The summed E-state index contributed by atoms with van der Waals surface area (Å²) in [4.78, 5) is 21.3. The summed E-state index contributed by atoms with van der Waals surface area (Å²) in [5.41, 5.74) is 4.84. The SMILES string of the molecule is N=C1C(=O)C=CC(=O)C1N. The lowest BCUT2D eigenvalue weighted by Crippen LogP contribution is -2.43. The first-order valence-electron chi connectivity index (χ1n) is 2.73. The average molecular weight is 138 g/mol. The highest BCUT2D eigenvalue weighted by atomic mass is 16.1. The van der Waals surface area contributed by atoms with Gasteiger partial charge in [0, 0.05) is 0 Å². The van der Waals surface area contributed by atoms with Crippen LogP contribution in [0.5, 0.6) is 0 Å². The van der Waals surface area contributed by atoms with Crippen molar-refractivity contribution in [1.82, 2.24) is 0 Å². The van der Waals surface area contributed by atoms with E-state index in [0.29, 0.717) is 0 Å². The van der Waals surface area contributed by atoms with Crippen LogP contribution in [-0.4, -0.2) is 23.3 Å². The van der Waals surface area contributed by atoms with E-state index in [2.05, 4.69) is 0 Å². The topological polar surface area (TPSA) is 84.0 Å². The number of nitrogens with two attached hydrogens (primary N) is 1. The molecule has 1 atom stereocenters. The largest absolute Gasteiger partial charge is 0.316 e. The van der Waals surface area contributed by atoms with Gasteiger partial charge < -0.3 is 5.73 Å². The molecule has 0 saturated carbocycles. The van der Waals surface area contributed by atoms with Crippen LogP contribution in [0.15, 0.2) is 12.2 Å². The van der Waals surface area contributed by atoms with Gasteiger partial charge in [0.1, 0.15) is 11.8 Å². The summed E-state index contributed by atoms with van der Waals surface area (Å²) in [7, 11) is 0. The van der Waals surface area contributed by atoms with Gasteiger partial charge in [-0.1, -0.05) is 0 Å². The molecule has 0 bridgehead atoms. The number of nitrogens with one attached hydrogen (secondary N) is 1. The Morgan fingerprint density at radius 1 is 1.40 bits per heavy atom. The molecule has 0 aromatic carbocycles. The van der Waals surface area contributed by atoms with Crippen molar-refractivity contribution >= 4 is 17.3 Å². The molecule has 10 heavy (non-hydrogen) atoms. The van der Waals surface area contributed by atoms with Gasteiger partial charge in [-0.05, 0) is 12.2 Å². The minimum atomic E-state index is -1.04. The Hall–Kier alpha value is -1.29.